The highest BCUT2D eigenvalue weighted by Gasteiger charge is 2.76. The first kappa shape index (κ1) is 16.1. The second-order valence-electron chi connectivity index (χ2n) is 5.36. The Balaban J connectivity index is 1.82. The van der Waals surface area contributed by atoms with Gasteiger partial charge in [0.25, 0.3) is 0 Å². The molecule has 4 heterocycles. The van der Waals surface area contributed by atoms with E-state index in [4.69, 9.17) is 14.6 Å². The number of thioether (sulfide) groups is 2. The molecule has 0 aromatic heterocycles. The molecule has 0 bridgehead atoms. The predicted molar refractivity (Wildman–Crippen MR) is 89.8 cm³/mol. The molecule has 0 amide bonds. The molecule has 0 aromatic carbocycles. The molecular weight excluding hydrogens is 356 g/mol. The number of aliphatic hydroxyl groups is 2. The van der Waals surface area contributed by atoms with Gasteiger partial charge in [-0.1, -0.05) is 5.01 Å². The van der Waals surface area contributed by atoms with Crippen LogP contribution in [0.3, 0.4) is 0 Å². The van der Waals surface area contributed by atoms with Gasteiger partial charge in [-0.25, -0.2) is 4.58 Å². The summed E-state index contributed by atoms with van der Waals surface area (Å²) in [6, 6.07) is 0. The highest BCUT2D eigenvalue weighted by molar-refractivity contribution is 8.31. The minimum Gasteiger partial charge on any atom is -0.442 e. The van der Waals surface area contributed by atoms with Gasteiger partial charge >= 0.3 is 21.1 Å². The van der Waals surface area contributed by atoms with Crippen LogP contribution in [0.5, 0.6) is 0 Å². The van der Waals surface area contributed by atoms with Crippen LogP contribution in [0.4, 0.5) is 0 Å². The molecule has 3 N–H and O–H groups in total. The van der Waals surface area contributed by atoms with E-state index >= 15 is 0 Å². The quantitative estimate of drug-likeness (QED) is 0.371. The van der Waals surface area contributed by atoms with Gasteiger partial charge in [-0.3, -0.25) is 4.99 Å². The Morgan fingerprint density at radius 2 is 2.42 bits per heavy atom. The summed E-state index contributed by atoms with van der Waals surface area (Å²) < 4.78 is 13.7. The zero-order valence-corrected chi connectivity index (χ0v) is 14.8. The van der Waals surface area contributed by atoms with Crippen molar-refractivity contribution >= 4 is 45.5 Å². The summed E-state index contributed by atoms with van der Waals surface area (Å²) in [7, 11) is 1.72. The van der Waals surface area contributed by atoms with Crippen molar-refractivity contribution in [3.05, 3.63) is 0 Å². The molecule has 4 aliphatic heterocycles. The average molecular weight is 374 g/mol. The smallest absolute Gasteiger partial charge is 0.442 e. The van der Waals surface area contributed by atoms with Crippen LogP contribution in [0.25, 0.3) is 0 Å². The summed E-state index contributed by atoms with van der Waals surface area (Å²) in [6.45, 7) is 3.05. The van der Waals surface area contributed by atoms with Gasteiger partial charge in [-0.2, -0.15) is 5.43 Å². The number of hydrazone groups is 1. The second kappa shape index (κ2) is 5.88. The lowest BCUT2D eigenvalue weighted by atomic mass is 10.3. The minimum atomic E-state index is -0.815. The maximum Gasteiger partial charge on any atom is 0.465 e. The number of morpholine rings is 1. The van der Waals surface area contributed by atoms with Crippen molar-refractivity contribution in [1.29, 1.82) is 0 Å². The second-order valence-corrected chi connectivity index (χ2v) is 7.90. The first-order chi connectivity index (χ1) is 11.6. The maximum atomic E-state index is 9.83. The van der Waals surface area contributed by atoms with Crippen LogP contribution in [0.2, 0.25) is 0 Å². The Morgan fingerprint density at radius 3 is 3.12 bits per heavy atom. The first-order valence-corrected chi connectivity index (χ1v) is 9.02. The lowest BCUT2D eigenvalue weighted by molar-refractivity contribution is -0.576. The zero-order valence-electron chi connectivity index (χ0n) is 13.2. The number of aliphatic imine (C=N–C) groups is 1. The standard InChI is InChI=1S/C12H17N6O4S2/c1-7-9(16-3-4-21-8(20)5-16)18-12(23-10(13-2)14-18)17(7)15-11(24-12)22-6-19/h8,19-20H,3-6H2,1-2H3/q+1/p+1. The van der Waals surface area contributed by atoms with Crippen molar-refractivity contribution in [2.24, 2.45) is 10.1 Å². The lowest BCUT2D eigenvalue weighted by Crippen LogP contribution is -2.52. The number of nitrogens with zero attached hydrogens (tertiary/aromatic N) is 5. The van der Waals surface area contributed by atoms with E-state index in [1.54, 1.807) is 7.05 Å². The van der Waals surface area contributed by atoms with Crippen LogP contribution in [0.1, 0.15) is 6.92 Å². The predicted octanol–water partition coefficient (Wildman–Crippen LogP) is -1.63. The highest BCUT2D eigenvalue weighted by atomic mass is 32.2. The van der Waals surface area contributed by atoms with E-state index in [1.807, 2.05) is 16.6 Å². The third-order valence-corrected chi connectivity index (χ3v) is 6.57. The van der Waals surface area contributed by atoms with E-state index in [-0.39, 0.29) is 0 Å². The summed E-state index contributed by atoms with van der Waals surface area (Å²) >= 11 is 2.91. The van der Waals surface area contributed by atoms with Crippen molar-refractivity contribution in [3.63, 3.8) is 0 Å². The molecule has 24 heavy (non-hydrogen) atoms. The van der Waals surface area contributed by atoms with Gasteiger partial charge in [-0.15, -0.1) is 0 Å². The fourth-order valence-corrected chi connectivity index (χ4v) is 5.56. The van der Waals surface area contributed by atoms with Gasteiger partial charge in [0.1, 0.15) is 13.1 Å². The Labute approximate surface area is 146 Å². The first-order valence-electron chi connectivity index (χ1n) is 7.38. The van der Waals surface area contributed by atoms with Crippen LogP contribution in [0.15, 0.2) is 10.1 Å². The molecule has 4 aliphatic rings. The number of hydrazine groups is 1. The normalized spacial score (nSPS) is 36.8. The topological polar surface area (TPSA) is 105 Å². The summed E-state index contributed by atoms with van der Waals surface area (Å²) in [5, 5.41) is 26.5. The number of ether oxygens (including phenoxy) is 2. The van der Waals surface area contributed by atoms with E-state index in [0.29, 0.717) is 24.9 Å². The van der Waals surface area contributed by atoms with E-state index in [9.17, 15) is 5.11 Å². The number of hydrogen-bond donors (Lipinski definition) is 3. The zero-order chi connectivity index (χ0) is 16.9. The molecule has 0 aromatic rings. The lowest BCUT2D eigenvalue weighted by Gasteiger charge is -2.21. The Morgan fingerprint density at radius 1 is 1.58 bits per heavy atom. The van der Waals surface area contributed by atoms with Crippen LogP contribution in [-0.4, -0.2) is 90.6 Å². The van der Waals surface area contributed by atoms with Crippen LogP contribution < -0.4 is 5.43 Å². The molecule has 4 rings (SSSR count). The molecule has 0 radical (unpaired) electrons. The summed E-state index contributed by atoms with van der Waals surface area (Å²) in [5.41, 5.74) is 4.21. The Bertz CT molecular complexity index is 708. The van der Waals surface area contributed by atoms with Gasteiger partial charge in [0, 0.05) is 14.0 Å². The third kappa shape index (κ3) is 2.24. The fraction of sp³-hybridized carbons (Fsp3) is 0.667. The number of hydrogen-bond acceptors (Lipinski definition) is 8. The molecule has 0 saturated carbocycles. The van der Waals surface area contributed by atoms with Gasteiger partial charge in [-0.05, 0) is 4.68 Å². The van der Waals surface area contributed by atoms with Crippen LogP contribution in [0, 0.1) is 0 Å². The number of amidine groups is 2. The minimum absolute atomic E-state index is 0.381. The monoisotopic (exact) mass is 374 g/mol. The molecule has 2 fully saturated rings. The van der Waals surface area contributed by atoms with Crippen molar-refractivity contribution in [3.8, 4) is 0 Å². The molecular formula is C12H18N6O4S2+2. The van der Waals surface area contributed by atoms with Gasteiger partial charge < -0.3 is 19.7 Å². The molecule has 12 heteroatoms. The molecule has 130 valence electrons. The molecule has 10 nitrogen and oxygen atoms in total. The van der Waals surface area contributed by atoms with E-state index in [1.165, 1.54) is 23.5 Å². The molecule has 2 unspecified atom stereocenters. The number of rotatable bonds is 1. The summed E-state index contributed by atoms with van der Waals surface area (Å²) in [4.78, 5) is 4.25. The van der Waals surface area contributed by atoms with E-state index < -0.39 is 17.4 Å². The molecule has 0 aliphatic carbocycles. The maximum absolute atomic E-state index is 9.83. The van der Waals surface area contributed by atoms with E-state index in [2.05, 4.69) is 20.1 Å². The van der Waals surface area contributed by atoms with Crippen molar-refractivity contribution in [2.75, 3.05) is 33.5 Å². The summed E-state index contributed by atoms with van der Waals surface area (Å²) in [6.07, 6.45) is -0.815. The van der Waals surface area contributed by atoms with Crippen molar-refractivity contribution in [2.45, 2.75) is 17.5 Å². The van der Waals surface area contributed by atoms with Crippen LogP contribution in [-0.2, 0) is 9.47 Å². The molecule has 2 atom stereocenters. The number of β-amino-alcohol motifs (C(OH)–C–C–N with tert-alkyl or cyclic N) is 1. The molecule has 1 spiro atoms. The van der Waals surface area contributed by atoms with Crippen molar-refractivity contribution < 1.29 is 28.9 Å². The van der Waals surface area contributed by atoms with Crippen molar-refractivity contribution in [1.82, 2.24) is 10.4 Å². The van der Waals surface area contributed by atoms with Gasteiger partial charge in [0.05, 0.1) is 35.2 Å². The number of aliphatic hydroxyl groups excluding tert-OH is 2. The SMILES string of the molecule is CN=C1NN2C(=[N+]3CCOC(O)C3)C(C)=[N+]3N=C(OCO)SC23S1. The fourth-order valence-electron chi connectivity index (χ4n) is 3.02. The van der Waals surface area contributed by atoms with E-state index in [0.717, 1.165) is 16.7 Å². The number of nitrogens with one attached hydrogen (secondary N) is 1. The highest BCUT2D eigenvalue weighted by Crippen LogP contribution is 2.52. The Kier molecular flexibility index (Phi) is 3.95. The largest absolute Gasteiger partial charge is 0.465 e. The van der Waals surface area contributed by atoms with Crippen LogP contribution >= 0.6 is 23.5 Å². The summed E-state index contributed by atoms with van der Waals surface area (Å²) in [5.74, 6) is 0.919. The van der Waals surface area contributed by atoms with Gasteiger partial charge in [0.2, 0.25) is 5.17 Å². The Hall–Kier alpha value is -1.34. The average Bonchev–Trinajstić information content (AvgIpc) is 3.15. The third-order valence-electron chi connectivity index (χ3n) is 3.98. The van der Waals surface area contributed by atoms with Gasteiger partial charge in [0.15, 0.2) is 13.1 Å². The molecule has 2 saturated heterocycles.